The Hall–Kier alpha value is -2.70. The van der Waals surface area contributed by atoms with Gasteiger partial charge in [0.1, 0.15) is 0 Å². The van der Waals surface area contributed by atoms with Gasteiger partial charge in [0.25, 0.3) is 5.91 Å². The van der Waals surface area contributed by atoms with E-state index in [2.05, 4.69) is 22.4 Å². The Morgan fingerprint density at radius 1 is 1.18 bits per heavy atom. The van der Waals surface area contributed by atoms with Crippen molar-refractivity contribution in [2.75, 3.05) is 5.32 Å². The summed E-state index contributed by atoms with van der Waals surface area (Å²) in [7, 11) is 0. The second kappa shape index (κ2) is 7.37. The molecule has 3 heterocycles. The minimum Gasteiger partial charge on any atom is -0.305 e. The number of anilines is 1. The van der Waals surface area contributed by atoms with Crippen LogP contribution in [-0.4, -0.2) is 30.5 Å². The fourth-order valence-electron chi connectivity index (χ4n) is 3.68. The molecule has 0 radical (unpaired) electrons. The molecule has 7 nitrogen and oxygen atoms in total. The third-order valence-electron chi connectivity index (χ3n) is 5.38. The number of unbranched alkanes of at least 4 members (excludes halogenated alkanes) is 1. The fourth-order valence-corrected chi connectivity index (χ4v) is 3.68. The number of aryl methyl sites for hydroxylation is 4. The Morgan fingerprint density at radius 3 is 2.61 bits per heavy atom. The van der Waals surface area contributed by atoms with Crippen LogP contribution in [0.1, 0.15) is 72.9 Å². The molecule has 0 aliphatic heterocycles. The Balaban J connectivity index is 1.75. The number of aromatic nitrogens is 5. The lowest BCUT2D eigenvalue weighted by atomic mass is 10.1. The first kappa shape index (κ1) is 18.7. The Morgan fingerprint density at radius 2 is 1.96 bits per heavy atom. The number of fused-ring (bicyclic) bond motifs is 1. The molecule has 0 bridgehead atoms. The van der Waals surface area contributed by atoms with E-state index in [1.165, 1.54) is 0 Å². The molecule has 0 unspecified atom stereocenters. The average molecular weight is 380 g/mol. The molecule has 1 amide bonds. The molecule has 0 spiro atoms. The van der Waals surface area contributed by atoms with Crippen LogP contribution in [0.15, 0.2) is 12.1 Å². The predicted molar refractivity (Wildman–Crippen MR) is 110 cm³/mol. The van der Waals surface area contributed by atoms with Gasteiger partial charge in [0.15, 0.2) is 11.5 Å². The summed E-state index contributed by atoms with van der Waals surface area (Å²) in [6.07, 6.45) is 4.42. The van der Waals surface area contributed by atoms with Crippen LogP contribution < -0.4 is 5.32 Å². The molecule has 7 heteroatoms. The van der Waals surface area contributed by atoms with Crippen molar-refractivity contribution in [3.05, 3.63) is 34.8 Å². The van der Waals surface area contributed by atoms with Crippen LogP contribution in [0.4, 0.5) is 5.82 Å². The number of rotatable bonds is 7. The number of carbonyl (C=O) groups is 1. The highest BCUT2D eigenvalue weighted by molar-refractivity contribution is 6.12. The number of carbonyl (C=O) groups excluding carboxylic acids is 1. The molecule has 1 N–H and O–H groups in total. The van der Waals surface area contributed by atoms with Crippen molar-refractivity contribution in [1.29, 1.82) is 0 Å². The zero-order chi connectivity index (χ0) is 19.8. The largest absolute Gasteiger partial charge is 0.305 e. The summed E-state index contributed by atoms with van der Waals surface area (Å²) in [6, 6.07) is 3.86. The summed E-state index contributed by atoms with van der Waals surface area (Å²) < 4.78 is 3.84. The second-order valence-electron chi connectivity index (χ2n) is 7.67. The molecule has 3 aromatic rings. The van der Waals surface area contributed by atoms with Gasteiger partial charge in [0, 0.05) is 36.5 Å². The van der Waals surface area contributed by atoms with E-state index in [1.54, 1.807) is 0 Å². The summed E-state index contributed by atoms with van der Waals surface area (Å²) in [6.45, 7) is 9.74. The van der Waals surface area contributed by atoms with Gasteiger partial charge in [0.05, 0.1) is 16.6 Å². The van der Waals surface area contributed by atoms with Crippen LogP contribution in [0.5, 0.6) is 0 Å². The minimum atomic E-state index is -0.145. The molecule has 1 aliphatic rings. The highest BCUT2D eigenvalue weighted by Gasteiger charge is 2.29. The van der Waals surface area contributed by atoms with Crippen LogP contribution in [0.2, 0.25) is 0 Å². The molecular weight excluding hydrogens is 352 g/mol. The first-order valence-corrected chi connectivity index (χ1v) is 10.3. The molecule has 28 heavy (non-hydrogen) atoms. The van der Waals surface area contributed by atoms with Crippen molar-refractivity contribution in [3.63, 3.8) is 0 Å². The Bertz CT molecular complexity index is 1030. The number of amides is 1. The van der Waals surface area contributed by atoms with Crippen molar-refractivity contribution < 1.29 is 4.79 Å². The van der Waals surface area contributed by atoms with Gasteiger partial charge in [-0.05, 0) is 46.1 Å². The van der Waals surface area contributed by atoms with Crippen molar-refractivity contribution in [3.8, 4) is 0 Å². The number of hydrogen-bond acceptors (Lipinski definition) is 4. The van der Waals surface area contributed by atoms with Crippen molar-refractivity contribution in [2.45, 2.75) is 72.4 Å². The van der Waals surface area contributed by atoms with Crippen molar-refractivity contribution >= 4 is 22.8 Å². The lowest BCUT2D eigenvalue weighted by molar-refractivity contribution is 0.102. The zero-order valence-electron chi connectivity index (χ0n) is 17.1. The minimum absolute atomic E-state index is 0.145. The van der Waals surface area contributed by atoms with Crippen molar-refractivity contribution in [2.24, 2.45) is 0 Å². The van der Waals surface area contributed by atoms with Crippen LogP contribution in [0, 0.1) is 13.8 Å². The second-order valence-corrected chi connectivity index (χ2v) is 7.67. The smallest absolute Gasteiger partial charge is 0.257 e. The lowest BCUT2D eigenvalue weighted by Crippen LogP contribution is -2.14. The van der Waals surface area contributed by atoms with Crippen LogP contribution in [0.25, 0.3) is 11.0 Å². The normalized spacial score (nSPS) is 14.0. The Labute approximate surface area is 165 Å². The van der Waals surface area contributed by atoms with Crippen LogP contribution in [-0.2, 0) is 13.1 Å². The van der Waals surface area contributed by atoms with E-state index >= 15 is 0 Å². The maximum Gasteiger partial charge on any atom is 0.257 e. The van der Waals surface area contributed by atoms with Gasteiger partial charge in [-0.25, -0.2) is 9.67 Å². The van der Waals surface area contributed by atoms with Gasteiger partial charge in [0.2, 0.25) is 0 Å². The molecule has 0 atom stereocenters. The molecule has 1 aliphatic carbocycles. The van der Waals surface area contributed by atoms with E-state index in [0.717, 1.165) is 66.9 Å². The third kappa shape index (κ3) is 3.41. The maximum atomic E-state index is 13.2. The molecule has 0 saturated heterocycles. The van der Waals surface area contributed by atoms with E-state index in [4.69, 9.17) is 4.98 Å². The molecule has 4 rings (SSSR count). The zero-order valence-corrected chi connectivity index (χ0v) is 17.1. The first-order valence-electron chi connectivity index (χ1n) is 10.3. The molecule has 1 fully saturated rings. The molecule has 148 valence electrons. The number of hydrogen-bond donors (Lipinski definition) is 1. The third-order valence-corrected chi connectivity index (χ3v) is 5.38. The molecule has 3 aromatic heterocycles. The average Bonchev–Trinajstić information content (AvgIpc) is 3.40. The number of nitrogens with one attached hydrogen (secondary N) is 1. The van der Waals surface area contributed by atoms with E-state index in [9.17, 15) is 4.79 Å². The van der Waals surface area contributed by atoms with Gasteiger partial charge in [-0.3, -0.25) is 9.48 Å². The maximum absolute atomic E-state index is 13.2. The van der Waals surface area contributed by atoms with E-state index in [0.29, 0.717) is 17.3 Å². The van der Waals surface area contributed by atoms with Gasteiger partial charge in [-0.15, -0.1) is 0 Å². The van der Waals surface area contributed by atoms with E-state index in [-0.39, 0.29) is 5.91 Å². The number of pyridine rings is 1. The van der Waals surface area contributed by atoms with Gasteiger partial charge in [-0.1, -0.05) is 13.3 Å². The lowest BCUT2D eigenvalue weighted by Gasteiger charge is -2.08. The summed E-state index contributed by atoms with van der Waals surface area (Å²) in [5.41, 5.74) is 4.36. The predicted octanol–water partition coefficient (Wildman–Crippen LogP) is 4.19. The molecular formula is C21H28N6O. The van der Waals surface area contributed by atoms with Crippen LogP contribution >= 0.6 is 0 Å². The topological polar surface area (TPSA) is 77.6 Å². The summed E-state index contributed by atoms with van der Waals surface area (Å²) >= 11 is 0. The Kier molecular flexibility index (Phi) is 4.91. The number of nitrogens with zero attached hydrogens (tertiary/aromatic N) is 5. The van der Waals surface area contributed by atoms with Gasteiger partial charge in [-0.2, -0.15) is 10.2 Å². The highest BCUT2D eigenvalue weighted by Crippen LogP contribution is 2.40. The molecule has 1 saturated carbocycles. The highest BCUT2D eigenvalue weighted by atomic mass is 16.1. The quantitative estimate of drug-likeness (QED) is 0.666. The SMILES string of the molecule is CCCCn1nc(C)c2c(C(=O)Nc3cc(C)n(CC)n3)cc(C3CC3)nc21. The van der Waals surface area contributed by atoms with E-state index in [1.807, 2.05) is 42.3 Å². The monoisotopic (exact) mass is 380 g/mol. The summed E-state index contributed by atoms with van der Waals surface area (Å²) in [5, 5.41) is 13.0. The van der Waals surface area contributed by atoms with Crippen LogP contribution in [0.3, 0.4) is 0 Å². The molecule has 0 aromatic carbocycles. The fraction of sp³-hybridized carbons (Fsp3) is 0.524. The van der Waals surface area contributed by atoms with Crippen molar-refractivity contribution in [1.82, 2.24) is 24.5 Å². The van der Waals surface area contributed by atoms with Gasteiger partial charge >= 0.3 is 0 Å². The summed E-state index contributed by atoms with van der Waals surface area (Å²) in [5.74, 6) is 0.902. The standard InChI is InChI=1S/C21H28N6O/c1-5-7-10-27-20-19(14(4)24-27)16(12-17(22-20)15-8-9-15)21(28)23-18-11-13(3)26(6-2)25-18/h11-12,15H,5-10H2,1-4H3,(H,23,25,28). The van der Waals surface area contributed by atoms with E-state index < -0.39 is 0 Å². The summed E-state index contributed by atoms with van der Waals surface area (Å²) in [4.78, 5) is 18.1. The van der Waals surface area contributed by atoms with Gasteiger partial charge < -0.3 is 5.32 Å². The first-order chi connectivity index (χ1) is 13.5.